The number of nitro benzene ring substituents is 1. The fourth-order valence-corrected chi connectivity index (χ4v) is 2.48. The van der Waals surface area contributed by atoms with E-state index < -0.39 is 31.3 Å². The molecular weight excluding hydrogens is 274 g/mol. The summed E-state index contributed by atoms with van der Waals surface area (Å²) in [6.45, 7) is -0.256. The Morgan fingerprint density at radius 2 is 2.05 bits per heavy atom. The van der Waals surface area contributed by atoms with Crippen LogP contribution in [-0.2, 0) is 14.6 Å². The van der Waals surface area contributed by atoms with Gasteiger partial charge in [-0.05, 0) is 12.1 Å². The zero-order chi connectivity index (χ0) is 14.8. The number of nitrogens with zero attached hydrogens (tertiary/aromatic N) is 2. The zero-order valence-corrected chi connectivity index (χ0v) is 11.2. The molecular formula is C10H13N3O5S. The van der Waals surface area contributed by atoms with Gasteiger partial charge in [0.05, 0.1) is 11.5 Å². The molecule has 104 valence electrons. The number of hydrogen-bond donors (Lipinski definition) is 1. The lowest BCUT2D eigenvalue weighted by molar-refractivity contribution is -0.387. The number of nitrogens with two attached hydrogens (primary N) is 1. The monoisotopic (exact) mass is 287 g/mol. The summed E-state index contributed by atoms with van der Waals surface area (Å²) < 4.78 is 23.1. The number of benzene rings is 1. The summed E-state index contributed by atoms with van der Waals surface area (Å²) in [4.78, 5) is 22.0. The average Bonchev–Trinajstić information content (AvgIpc) is 2.25. The fourth-order valence-electron chi connectivity index (χ4n) is 1.62. The number of hydrogen-bond acceptors (Lipinski definition) is 6. The van der Waals surface area contributed by atoms with Gasteiger partial charge in [0.1, 0.15) is 10.6 Å². The van der Waals surface area contributed by atoms with Crippen LogP contribution < -0.4 is 10.6 Å². The highest BCUT2D eigenvalue weighted by Crippen LogP contribution is 2.33. The molecule has 0 bridgehead atoms. The molecule has 0 aliphatic rings. The van der Waals surface area contributed by atoms with Crippen LogP contribution in [0, 0.1) is 10.1 Å². The standard InChI is InChI=1S/C10H13N3O5S/c1-12(6-9(11)14)7-4-3-5-8(19(2,17)18)10(7)13(15)16/h3-5H,6H2,1-2H3,(H2,11,14). The molecule has 1 amide bonds. The van der Waals surface area contributed by atoms with Crippen molar-refractivity contribution in [2.45, 2.75) is 4.90 Å². The molecule has 0 aliphatic heterocycles. The molecule has 0 unspecified atom stereocenters. The van der Waals surface area contributed by atoms with Crippen LogP contribution in [0.5, 0.6) is 0 Å². The van der Waals surface area contributed by atoms with Gasteiger partial charge < -0.3 is 10.6 Å². The van der Waals surface area contributed by atoms with Gasteiger partial charge in [0, 0.05) is 13.3 Å². The van der Waals surface area contributed by atoms with Crippen LogP contribution in [0.3, 0.4) is 0 Å². The van der Waals surface area contributed by atoms with Crippen LogP contribution in [0.15, 0.2) is 23.1 Å². The summed E-state index contributed by atoms with van der Waals surface area (Å²) in [5.41, 5.74) is 4.47. The summed E-state index contributed by atoms with van der Waals surface area (Å²) >= 11 is 0. The van der Waals surface area contributed by atoms with E-state index in [1.165, 1.54) is 24.1 Å². The predicted molar refractivity (Wildman–Crippen MR) is 68.7 cm³/mol. The molecule has 1 aromatic carbocycles. The molecule has 0 radical (unpaired) electrons. The van der Waals surface area contributed by atoms with Gasteiger partial charge in [-0.2, -0.15) is 0 Å². The van der Waals surface area contributed by atoms with E-state index in [4.69, 9.17) is 5.73 Å². The van der Waals surface area contributed by atoms with Crippen molar-refractivity contribution < 1.29 is 18.1 Å². The Kier molecular flexibility index (Phi) is 4.10. The van der Waals surface area contributed by atoms with Crippen molar-refractivity contribution in [3.8, 4) is 0 Å². The van der Waals surface area contributed by atoms with E-state index in [0.717, 1.165) is 12.3 Å². The number of anilines is 1. The van der Waals surface area contributed by atoms with Crippen molar-refractivity contribution in [2.24, 2.45) is 5.73 Å². The molecule has 0 fully saturated rings. The van der Waals surface area contributed by atoms with E-state index in [9.17, 15) is 23.3 Å². The van der Waals surface area contributed by atoms with E-state index in [1.54, 1.807) is 0 Å². The molecule has 0 spiro atoms. The zero-order valence-electron chi connectivity index (χ0n) is 10.4. The maximum Gasteiger partial charge on any atom is 0.311 e. The predicted octanol–water partition coefficient (Wildman–Crippen LogP) is -0.0802. The average molecular weight is 287 g/mol. The molecule has 8 nitrogen and oxygen atoms in total. The molecule has 19 heavy (non-hydrogen) atoms. The number of amides is 1. The third-order valence-corrected chi connectivity index (χ3v) is 3.49. The molecule has 1 aromatic rings. The van der Waals surface area contributed by atoms with Crippen molar-refractivity contribution in [3.05, 3.63) is 28.3 Å². The Bertz CT molecular complexity index is 626. The van der Waals surface area contributed by atoms with E-state index in [1.807, 2.05) is 0 Å². The fraction of sp³-hybridized carbons (Fsp3) is 0.300. The highest BCUT2D eigenvalue weighted by atomic mass is 32.2. The Morgan fingerprint density at radius 1 is 1.47 bits per heavy atom. The van der Waals surface area contributed by atoms with Crippen LogP contribution in [0.4, 0.5) is 11.4 Å². The second-order valence-corrected chi connectivity index (χ2v) is 5.96. The number of likely N-dealkylation sites (N-methyl/N-ethyl adjacent to an activating group) is 1. The minimum Gasteiger partial charge on any atom is -0.368 e. The van der Waals surface area contributed by atoms with Crippen LogP contribution in [0.1, 0.15) is 0 Å². The minimum atomic E-state index is -3.75. The molecule has 0 aromatic heterocycles. The number of rotatable bonds is 5. The number of sulfone groups is 1. The number of carbonyl (C=O) groups excluding carboxylic acids is 1. The summed E-state index contributed by atoms with van der Waals surface area (Å²) in [7, 11) is -2.33. The van der Waals surface area contributed by atoms with Crippen molar-refractivity contribution in [1.82, 2.24) is 0 Å². The normalized spacial score (nSPS) is 11.1. The van der Waals surface area contributed by atoms with Crippen LogP contribution in [0.2, 0.25) is 0 Å². The number of carbonyl (C=O) groups is 1. The second kappa shape index (κ2) is 5.22. The lowest BCUT2D eigenvalue weighted by Gasteiger charge is -2.18. The van der Waals surface area contributed by atoms with Gasteiger partial charge in [0.25, 0.3) is 0 Å². The van der Waals surface area contributed by atoms with Gasteiger partial charge in [-0.3, -0.25) is 14.9 Å². The second-order valence-electron chi connectivity index (χ2n) is 3.98. The van der Waals surface area contributed by atoms with Gasteiger partial charge in [0.2, 0.25) is 5.91 Å². The van der Waals surface area contributed by atoms with Gasteiger partial charge in [0.15, 0.2) is 9.84 Å². The molecule has 1 rings (SSSR count). The Hall–Kier alpha value is -2.16. The topological polar surface area (TPSA) is 124 Å². The van der Waals surface area contributed by atoms with Crippen LogP contribution in [-0.4, -0.2) is 39.1 Å². The van der Waals surface area contributed by atoms with E-state index in [0.29, 0.717) is 0 Å². The highest BCUT2D eigenvalue weighted by Gasteiger charge is 2.27. The first kappa shape index (κ1) is 14.9. The first-order valence-corrected chi connectivity index (χ1v) is 7.00. The summed E-state index contributed by atoms with van der Waals surface area (Å²) in [5.74, 6) is -0.679. The molecule has 0 saturated carbocycles. The van der Waals surface area contributed by atoms with Gasteiger partial charge in [-0.15, -0.1) is 0 Å². The first-order valence-electron chi connectivity index (χ1n) is 5.11. The van der Waals surface area contributed by atoms with E-state index in [-0.39, 0.29) is 12.2 Å². The smallest absolute Gasteiger partial charge is 0.311 e. The number of para-hydroxylation sites is 1. The molecule has 0 aliphatic carbocycles. The maximum atomic E-state index is 11.5. The first-order chi connectivity index (χ1) is 8.64. The third-order valence-electron chi connectivity index (χ3n) is 2.36. The molecule has 0 atom stereocenters. The number of nitro groups is 1. The SMILES string of the molecule is CN(CC(N)=O)c1cccc(S(C)(=O)=O)c1[N+](=O)[O-]. The van der Waals surface area contributed by atoms with E-state index >= 15 is 0 Å². The lowest BCUT2D eigenvalue weighted by atomic mass is 10.2. The molecule has 2 N–H and O–H groups in total. The van der Waals surface area contributed by atoms with Crippen molar-refractivity contribution >= 4 is 27.1 Å². The van der Waals surface area contributed by atoms with Gasteiger partial charge >= 0.3 is 5.69 Å². The van der Waals surface area contributed by atoms with Gasteiger partial charge in [-0.1, -0.05) is 6.07 Å². The Morgan fingerprint density at radius 3 is 2.47 bits per heavy atom. The lowest BCUT2D eigenvalue weighted by Crippen LogP contribution is -2.31. The molecule has 0 heterocycles. The minimum absolute atomic E-state index is 0.0201. The molecule has 9 heteroatoms. The maximum absolute atomic E-state index is 11.5. The van der Waals surface area contributed by atoms with Gasteiger partial charge in [-0.25, -0.2) is 8.42 Å². The highest BCUT2D eigenvalue weighted by molar-refractivity contribution is 7.90. The van der Waals surface area contributed by atoms with Crippen molar-refractivity contribution in [3.63, 3.8) is 0 Å². The summed E-state index contributed by atoms with van der Waals surface area (Å²) in [6, 6.07) is 3.88. The number of primary amides is 1. The largest absolute Gasteiger partial charge is 0.368 e. The summed E-state index contributed by atoms with van der Waals surface area (Å²) in [6.07, 6.45) is 0.882. The summed E-state index contributed by atoms with van der Waals surface area (Å²) in [5, 5.41) is 11.1. The van der Waals surface area contributed by atoms with Crippen molar-refractivity contribution in [1.29, 1.82) is 0 Å². The third kappa shape index (κ3) is 3.41. The Labute approximate surface area is 109 Å². The van der Waals surface area contributed by atoms with Crippen LogP contribution in [0.25, 0.3) is 0 Å². The Balaban J connectivity index is 3.49. The quantitative estimate of drug-likeness (QED) is 0.596. The molecule has 0 saturated heterocycles. The van der Waals surface area contributed by atoms with Crippen molar-refractivity contribution in [2.75, 3.05) is 24.7 Å². The van der Waals surface area contributed by atoms with E-state index in [2.05, 4.69) is 0 Å². The van der Waals surface area contributed by atoms with Crippen LogP contribution >= 0.6 is 0 Å².